The number of hydrogen-bond acceptors (Lipinski definition) is 5. The van der Waals surface area contributed by atoms with Gasteiger partial charge in [-0.3, -0.25) is 0 Å². The van der Waals surface area contributed by atoms with Crippen molar-refractivity contribution in [1.82, 2.24) is 4.98 Å². The summed E-state index contributed by atoms with van der Waals surface area (Å²) in [4.78, 5) is 4.38. The summed E-state index contributed by atoms with van der Waals surface area (Å²) in [6.07, 6.45) is 0. The van der Waals surface area contributed by atoms with Gasteiger partial charge in [0.15, 0.2) is 5.58 Å². The molecule has 3 aromatic rings. The summed E-state index contributed by atoms with van der Waals surface area (Å²) in [6.45, 7) is 0. The summed E-state index contributed by atoms with van der Waals surface area (Å²) in [5, 5.41) is 9.63. The van der Waals surface area contributed by atoms with Crippen LogP contribution in [0.15, 0.2) is 52.1 Å². The summed E-state index contributed by atoms with van der Waals surface area (Å²) in [5.41, 5.74) is 9.48. The molecule has 1 heterocycles. The number of hydrogen-bond donors (Lipinski definition) is 1. The molecular weight excluding hydrogens is 270 g/mol. The minimum atomic E-state index is 0.582. The van der Waals surface area contributed by atoms with Crippen molar-refractivity contribution in [2.24, 2.45) is 0 Å². The summed E-state index contributed by atoms with van der Waals surface area (Å²) < 4.78 is 5.63. The molecule has 0 spiro atoms. The summed E-state index contributed by atoms with van der Waals surface area (Å²) in [7, 11) is 0. The van der Waals surface area contributed by atoms with E-state index in [2.05, 4.69) is 11.1 Å². The quantitative estimate of drug-likeness (QED) is 0.586. The van der Waals surface area contributed by atoms with Crippen LogP contribution in [0.5, 0.6) is 0 Å². The molecule has 0 aliphatic carbocycles. The SMILES string of the molecule is N#Cc1ccccc1CSc1nc2ccc(N)cc2o1. The fourth-order valence-corrected chi connectivity index (χ4v) is 2.72. The monoisotopic (exact) mass is 281 g/mol. The lowest BCUT2D eigenvalue weighted by molar-refractivity contribution is 0.489. The molecule has 0 fully saturated rings. The predicted octanol–water partition coefficient (Wildman–Crippen LogP) is 3.57. The maximum absolute atomic E-state index is 9.05. The van der Waals surface area contributed by atoms with Crippen LogP contribution in [0.25, 0.3) is 11.1 Å². The number of nitrogens with zero attached hydrogens (tertiary/aromatic N) is 2. The summed E-state index contributed by atoms with van der Waals surface area (Å²) in [5.74, 6) is 0.645. The molecule has 0 amide bonds. The second-order valence-corrected chi connectivity index (χ2v) is 5.19. The van der Waals surface area contributed by atoms with Gasteiger partial charge in [-0.05, 0) is 23.8 Å². The first-order valence-corrected chi connectivity index (χ1v) is 7.02. The molecule has 0 unspecified atom stereocenters. The molecule has 2 N–H and O–H groups in total. The average Bonchev–Trinajstić information content (AvgIpc) is 2.87. The number of aromatic nitrogens is 1. The zero-order chi connectivity index (χ0) is 13.9. The lowest BCUT2D eigenvalue weighted by Crippen LogP contribution is -1.86. The highest BCUT2D eigenvalue weighted by atomic mass is 32.2. The Bertz CT molecular complexity index is 804. The average molecular weight is 281 g/mol. The molecule has 0 saturated carbocycles. The Kier molecular flexibility index (Phi) is 3.32. The van der Waals surface area contributed by atoms with Crippen LogP contribution in [0.1, 0.15) is 11.1 Å². The molecule has 20 heavy (non-hydrogen) atoms. The smallest absolute Gasteiger partial charge is 0.257 e. The van der Waals surface area contributed by atoms with Crippen molar-refractivity contribution < 1.29 is 4.42 Å². The van der Waals surface area contributed by atoms with Crippen molar-refractivity contribution in [3.05, 3.63) is 53.6 Å². The first-order chi connectivity index (χ1) is 9.76. The maximum Gasteiger partial charge on any atom is 0.257 e. The molecule has 1 aromatic heterocycles. The third-order valence-electron chi connectivity index (χ3n) is 2.88. The van der Waals surface area contributed by atoms with Gasteiger partial charge in [-0.2, -0.15) is 5.26 Å². The van der Waals surface area contributed by atoms with Crippen LogP contribution in [0.2, 0.25) is 0 Å². The normalized spacial score (nSPS) is 10.6. The fraction of sp³-hybridized carbons (Fsp3) is 0.0667. The molecule has 5 heteroatoms. The van der Waals surface area contributed by atoms with Crippen LogP contribution in [0, 0.1) is 11.3 Å². The largest absolute Gasteiger partial charge is 0.431 e. The fourth-order valence-electron chi connectivity index (χ4n) is 1.88. The Morgan fingerprint density at radius 1 is 1.25 bits per heavy atom. The topological polar surface area (TPSA) is 75.8 Å². The first kappa shape index (κ1) is 12.6. The van der Waals surface area contributed by atoms with Crippen LogP contribution in [-0.4, -0.2) is 4.98 Å². The summed E-state index contributed by atoms with van der Waals surface area (Å²) in [6, 6.07) is 15.1. The van der Waals surface area contributed by atoms with Crippen molar-refractivity contribution in [1.29, 1.82) is 5.26 Å². The molecule has 2 aromatic carbocycles. The maximum atomic E-state index is 9.05. The second kappa shape index (κ2) is 5.27. The van der Waals surface area contributed by atoms with E-state index in [0.29, 0.717) is 27.8 Å². The van der Waals surface area contributed by atoms with Crippen molar-refractivity contribution in [2.75, 3.05) is 5.73 Å². The number of fused-ring (bicyclic) bond motifs is 1. The molecule has 0 aliphatic rings. The number of thioether (sulfide) groups is 1. The molecule has 0 bridgehead atoms. The van der Waals surface area contributed by atoms with Crippen LogP contribution < -0.4 is 5.73 Å². The van der Waals surface area contributed by atoms with Gasteiger partial charge < -0.3 is 10.2 Å². The van der Waals surface area contributed by atoms with Gasteiger partial charge in [-0.15, -0.1) is 0 Å². The van der Waals surface area contributed by atoms with Gasteiger partial charge >= 0.3 is 0 Å². The third kappa shape index (κ3) is 2.46. The molecular formula is C15H11N3OS. The van der Waals surface area contributed by atoms with E-state index < -0.39 is 0 Å². The molecule has 0 radical (unpaired) electrons. The lowest BCUT2D eigenvalue weighted by atomic mass is 10.1. The van der Waals surface area contributed by atoms with E-state index in [1.165, 1.54) is 11.8 Å². The number of nitrogens with two attached hydrogens (primary N) is 1. The van der Waals surface area contributed by atoms with Crippen molar-refractivity contribution >= 4 is 28.5 Å². The lowest BCUT2D eigenvalue weighted by Gasteiger charge is -2.00. The molecule has 0 atom stereocenters. The van der Waals surface area contributed by atoms with Gasteiger partial charge in [0.25, 0.3) is 5.22 Å². The number of nitrogen functional groups attached to an aromatic ring is 1. The van der Waals surface area contributed by atoms with Crippen molar-refractivity contribution in [3.63, 3.8) is 0 Å². The number of rotatable bonds is 3. The van der Waals surface area contributed by atoms with E-state index in [0.717, 1.165) is 11.1 Å². The van der Waals surface area contributed by atoms with Gasteiger partial charge in [0.2, 0.25) is 0 Å². The van der Waals surface area contributed by atoms with Gasteiger partial charge in [-0.1, -0.05) is 30.0 Å². The van der Waals surface area contributed by atoms with Gasteiger partial charge in [-0.25, -0.2) is 4.98 Å². The minimum Gasteiger partial charge on any atom is -0.431 e. The van der Waals surface area contributed by atoms with Crippen molar-refractivity contribution in [2.45, 2.75) is 11.0 Å². The van der Waals surface area contributed by atoms with E-state index in [-0.39, 0.29) is 0 Å². The zero-order valence-corrected chi connectivity index (χ0v) is 11.4. The van der Waals surface area contributed by atoms with Gasteiger partial charge in [0, 0.05) is 17.5 Å². The Hall–Kier alpha value is -2.45. The first-order valence-electron chi connectivity index (χ1n) is 6.03. The van der Waals surface area contributed by atoms with E-state index in [1.54, 1.807) is 12.1 Å². The third-order valence-corrected chi connectivity index (χ3v) is 3.76. The standard InChI is InChI=1S/C15H11N3OS/c16-8-10-3-1-2-4-11(10)9-20-15-18-13-6-5-12(17)7-14(13)19-15/h1-7H,9,17H2. The molecule has 4 nitrogen and oxygen atoms in total. The van der Waals surface area contributed by atoms with E-state index in [9.17, 15) is 0 Å². The van der Waals surface area contributed by atoms with E-state index in [1.807, 2.05) is 30.3 Å². The Labute approximate surface area is 120 Å². The van der Waals surface area contributed by atoms with Crippen LogP contribution in [-0.2, 0) is 5.75 Å². The highest BCUT2D eigenvalue weighted by Gasteiger charge is 2.08. The Balaban J connectivity index is 1.82. The molecule has 0 saturated heterocycles. The number of oxazole rings is 1. The second-order valence-electron chi connectivity index (χ2n) is 4.26. The number of nitriles is 1. The molecule has 98 valence electrons. The van der Waals surface area contributed by atoms with Crippen molar-refractivity contribution in [3.8, 4) is 6.07 Å². The minimum absolute atomic E-state index is 0.582. The van der Waals surface area contributed by atoms with Crippen LogP contribution >= 0.6 is 11.8 Å². The van der Waals surface area contributed by atoms with Gasteiger partial charge in [0.1, 0.15) is 5.52 Å². The van der Waals surface area contributed by atoms with E-state index in [4.69, 9.17) is 15.4 Å². The zero-order valence-electron chi connectivity index (χ0n) is 10.5. The highest BCUT2D eigenvalue weighted by Crippen LogP contribution is 2.28. The number of benzene rings is 2. The highest BCUT2D eigenvalue weighted by molar-refractivity contribution is 7.98. The predicted molar refractivity (Wildman–Crippen MR) is 79.1 cm³/mol. The van der Waals surface area contributed by atoms with E-state index >= 15 is 0 Å². The van der Waals surface area contributed by atoms with Crippen LogP contribution in [0.3, 0.4) is 0 Å². The number of anilines is 1. The van der Waals surface area contributed by atoms with Gasteiger partial charge in [0.05, 0.1) is 11.6 Å². The van der Waals surface area contributed by atoms with Crippen LogP contribution in [0.4, 0.5) is 5.69 Å². The molecule has 3 rings (SSSR count). The molecule has 0 aliphatic heterocycles. The summed E-state index contributed by atoms with van der Waals surface area (Å²) >= 11 is 1.46. The Morgan fingerprint density at radius 3 is 2.95 bits per heavy atom. The Morgan fingerprint density at radius 2 is 2.10 bits per heavy atom.